The molecule has 0 spiro atoms. The summed E-state index contributed by atoms with van der Waals surface area (Å²) in [5.41, 5.74) is 3.93. The lowest BCUT2D eigenvalue weighted by Crippen LogP contribution is -2.21. The third kappa shape index (κ3) is 3.01. The van der Waals surface area contributed by atoms with Gasteiger partial charge >= 0.3 is 0 Å². The van der Waals surface area contributed by atoms with Crippen LogP contribution in [-0.4, -0.2) is 9.97 Å². The zero-order valence-electron chi connectivity index (χ0n) is 11.9. The standard InChI is InChI=1S/C17H17N3O/c1-12-9-18-7-6-14(12)10-19-11-15-8-13-4-2-3-5-16(13)20-17(15)21/h2-9,19H,10-11H2,1H3,(H,20,21). The molecule has 0 aliphatic heterocycles. The highest BCUT2D eigenvalue weighted by Gasteiger charge is 2.03. The van der Waals surface area contributed by atoms with Crippen molar-refractivity contribution in [2.24, 2.45) is 0 Å². The molecular weight excluding hydrogens is 262 g/mol. The number of nitrogens with one attached hydrogen (secondary N) is 2. The first-order valence-electron chi connectivity index (χ1n) is 6.95. The van der Waals surface area contributed by atoms with Gasteiger partial charge < -0.3 is 10.3 Å². The molecule has 0 fully saturated rings. The van der Waals surface area contributed by atoms with Gasteiger partial charge in [0.15, 0.2) is 0 Å². The van der Waals surface area contributed by atoms with E-state index in [1.165, 1.54) is 5.56 Å². The summed E-state index contributed by atoms with van der Waals surface area (Å²) in [7, 11) is 0. The maximum Gasteiger partial charge on any atom is 0.252 e. The summed E-state index contributed by atoms with van der Waals surface area (Å²) in [4.78, 5) is 19.0. The minimum Gasteiger partial charge on any atom is -0.322 e. The minimum absolute atomic E-state index is 0.0346. The van der Waals surface area contributed by atoms with Crippen LogP contribution < -0.4 is 10.9 Å². The van der Waals surface area contributed by atoms with E-state index in [1.807, 2.05) is 49.5 Å². The molecule has 4 heteroatoms. The molecule has 0 amide bonds. The molecule has 0 unspecified atom stereocenters. The molecule has 2 aromatic heterocycles. The number of nitrogens with zero attached hydrogens (tertiary/aromatic N) is 1. The maximum atomic E-state index is 12.0. The Bertz CT molecular complexity index is 823. The van der Waals surface area contributed by atoms with Crippen molar-refractivity contribution in [3.63, 3.8) is 0 Å². The van der Waals surface area contributed by atoms with Crippen LogP contribution in [0.4, 0.5) is 0 Å². The maximum absolute atomic E-state index is 12.0. The molecule has 2 heterocycles. The first kappa shape index (κ1) is 13.5. The summed E-state index contributed by atoms with van der Waals surface area (Å²) < 4.78 is 0. The van der Waals surface area contributed by atoms with E-state index in [1.54, 1.807) is 6.20 Å². The average Bonchev–Trinajstić information content (AvgIpc) is 2.49. The lowest BCUT2D eigenvalue weighted by atomic mass is 10.1. The predicted molar refractivity (Wildman–Crippen MR) is 84.1 cm³/mol. The SMILES string of the molecule is Cc1cnccc1CNCc1cc2ccccc2[nH]c1=O. The number of hydrogen-bond acceptors (Lipinski definition) is 3. The van der Waals surface area contributed by atoms with Crippen LogP contribution in [0.5, 0.6) is 0 Å². The van der Waals surface area contributed by atoms with Crippen LogP contribution in [0.2, 0.25) is 0 Å². The van der Waals surface area contributed by atoms with Gasteiger partial charge in [0.25, 0.3) is 5.56 Å². The Morgan fingerprint density at radius 2 is 1.95 bits per heavy atom. The minimum atomic E-state index is -0.0346. The highest BCUT2D eigenvalue weighted by Crippen LogP contribution is 2.10. The van der Waals surface area contributed by atoms with Crippen molar-refractivity contribution < 1.29 is 0 Å². The van der Waals surface area contributed by atoms with Crippen molar-refractivity contribution in [1.82, 2.24) is 15.3 Å². The summed E-state index contributed by atoms with van der Waals surface area (Å²) >= 11 is 0. The van der Waals surface area contributed by atoms with Crippen LogP contribution in [0.3, 0.4) is 0 Å². The number of benzene rings is 1. The van der Waals surface area contributed by atoms with E-state index in [0.717, 1.165) is 28.6 Å². The number of hydrogen-bond donors (Lipinski definition) is 2. The number of aromatic nitrogens is 2. The van der Waals surface area contributed by atoms with Gasteiger partial charge in [-0.2, -0.15) is 0 Å². The van der Waals surface area contributed by atoms with Crippen LogP contribution in [0.25, 0.3) is 10.9 Å². The second-order valence-electron chi connectivity index (χ2n) is 5.12. The van der Waals surface area contributed by atoms with Crippen LogP contribution in [0.15, 0.2) is 53.6 Å². The van der Waals surface area contributed by atoms with Gasteiger partial charge in [-0.1, -0.05) is 18.2 Å². The fourth-order valence-electron chi connectivity index (χ4n) is 2.36. The van der Waals surface area contributed by atoms with E-state index in [4.69, 9.17) is 0 Å². The zero-order chi connectivity index (χ0) is 14.7. The van der Waals surface area contributed by atoms with Crippen LogP contribution in [0.1, 0.15) is 16.7 Å². The summed E-state index contributed by atoms with van der Waals surface area (Å²) in [6.45, 7) is 3.30. The quantitative estimate of drug-likeness (QED) is 0.771. The van der Waals surface area contributed by atoms with E-state index in [0.29, 0.717) is 6.54 Å². The summed E-state index contributed by atoms with van der Waals surface area (Å²) in [5.74, 6) is 0. The van der Waals surface area contributed by atoms with Gasteiger partial charge in [-0.3, -0.25) is 9.78 Å². The van der Waals surface area contributed by atoms with E-state index >= 15 is 0 Å². The van der Waals surface area contributed by atoms with Crippen molar-refractivity contribution in [3.05, 3.63) is 75.8 Å². The van der Waals surface area contributed by atoms with E-state index in [9.17, 15) is 4.79 Å². The first-order chi connectivity index (χ1) is 10.2. The van der Waals surface area contributed by atoms with Crippen LogP contribution >= 0.6 is 0 Å². The van der Waals surface area contributed by atoms with E-state index < -0.39 is 0 Å². The van der Waals surface area contributed by atoms with Gasteiger partial charge in [0.1, 0.15) is 0 Å². The highest BCUT2D eigenvalue weighted by molar-refractivity contribution is 5.78. The summed E-state index contributed by atoms with van der Waals surface area (Å²) in [5, 5.41) is 4.37. The third-order valence-electron chi connectivity index (χ3n) is 3.60. The van der Waals surface area contributed by atoms with Crippen molar-refractivity contribution in [2.75, 3.05) is 0 Å². The Hall–Kier alpha value is -2.46. The third-order valence-corrected chi connectivity index (χ3v) is 3.60. The Labute approximate surface area is 122 Å². The number of aryl methyl sites for hydroxylation is 1. The molecule has 0 saturated carbocycles. The topological polar surface area (TPSA) is 57.8 Å². The predicted octanol–water partition coefficient (Wildman–Crippen LogP) is 2.52. The fraction of sp³-hybridized carbons (Fsp3) is 0.176. The number of H-pyrrole nitrogens is 1. The molecule has 0 bridgehead atoms. The smallest absolute Gasteiger partial charge is 0.252 e. The van der Waals surface area contributed by atoms with Gasteiger partial charge in [-0.25, -0.2) is 0 Å². The highest BCUT2D eigenvalue weighted by atomic mass is 16.1. The molecule has 106 valence electrons. The van der Waals surface area contributed by atoms with Crippen molar-refractivity contribution in [2.45, 2.75) is 20.0 Å². The molecule has 1 aromatic carbocycles. The van der Waals surface area contributed by atoms with Gasteiger partial charge in [0, 0.05) is 36.6 Å². The number of pyridine rings is 2. The second-order valence-corrected chi connectivity index (χ2v) is 5.12. The van der Waals surface area contributed by atoms with E-state index in [2.05, 4.69) is 15.3 Å². The molecule has 21 heavy (non-hydrogen) atoms. The number of rotatable bonds is 4. The molecule has 3 rings (SSSR count). The number of para-hydroxylation sites is 1. The first-order valence-corrected chi connectivity index (χ1v) is 6.95. The van der Waals surface area contributed by atoms with Crippen molar-refractivity contribution >= 4 is 10.9 Å². The van der Waals surface area contributed by atoms with Gasteiger partial charge in [0.05, 0.1) is 0 Å². The molecule has 3 aromatic rings. The summed E-state index contributed by atoms with van der Waals surface area (Å²) in [6.07, 6.45) is 3.63. The van der Waals surface area contributed by atoms with Crippen molar-refractivity contribution in [1.29, 1.82) is 0 Å². The number of fused-ring (bicyclic) bond motifs is 1. The molecule has 0 radical (unpaired) electrons. The monoisotopic (exact) mass is 279 g/mol. The second kappa shape index (κ2) is 5.89. The van der Waals surface area contributed by atoms with Crippen molar-refractivity contribution in [3.8, 4) is 0 Å². The molecule has 0 aliphatic carbocycles. The van der Waals surface area contributed by atoms with Gasteiger partial charge in [-0.15, -0.1) is 0 Å². The molecular formula is C17H17N3O. The summed E-state index contributed by atoms with van der Waals surface area (Å²) in [6, 6.07) is 11.7. The molecule has 4 nitrogen and oxygen atoms in total. The zero-order valence-corrected chi connectivity index (χ0v) is 11.9. The largest absolute Gasteiger partial charge is 0.322 e. The Morgan fingerprint density at radius 1 is 1.14 bits per heavy atom. The molecule has 0 aliphatic rings. The van der Waals surface area contributed by atoms with E-state index in [-0.39, 0.29) is 5.56 Å². The fourth-order valence-corrected chi connectivity index (χ4v) is 2.36. The lowest BCUT2D eigenvalue weighted by Gasteiger charge is -2.07. The van der Waals surface area contributed by atoms with Gasteiger partial charge in [0.2, 0.25) is 0 Å². The van der Waals surface area contributed by atoms with Gasteiger partial charge in [-0.05, 0) is 41.6 Å². The molecule has 0 atom stereocenters. The normalized spacial score (nSPS) is 10.9. The molecule has 0 saturated heterocycles. The lowest BCUT2D eigenvalue weighted by molar-refractivity contribution is 0.685. The number of aromatic amines is 1. The van der Waals surface area contributed by atoms with Crippen LogP contribution in [0, 0.1) is 6.92 Å². The average molecular weight is 279 g/mol. The Balaban J connectivity index is 1.75. The van der Waals surface area contributed by atoms with Crippen LogP contribution in [-0.2, 0) is 13.1 Å². The Kier molecular flexibility index (Phi) is 3.79. The molecule has 2 N–H and O–H groups in total. The Morgan fingerprint density at radius 3 is 2.81 bits per heavy atom.